The number of carbonyl (C=O) groups is 2. The summed E-state index contributed by atoms with van der Waals surface area (Å²) in [5, 5.41) is 0. The summed E-state index contributed by atoms with van der Waals surface area (Å²) in [4.78, 5) is 25.2. The number of hydrogen-bond donors (Lipinski definition) is 0. The quantitative estimate of drug-likeness (QED) is 0.324. The zero-order valence-corrected chi connectivity index (χ0v) is 15.4. The normalized spacial score (nSPS) is 23.4. The van der Waals surface area contributed by atoms with Gasteiger partial charge in [0.05, 0.1) is 31.4 Å². The maximum atomic E-state index is 12.4. The van der Waals surface area contributed by atoms with Crippen molar-refractivity contribution in [2.45, 2.75) is 44.9 Å². The van der Waals surface area contributed by atoms with Gasteiger partial charge in [-0.3, -0.25) is 9.69 Å². The third kappa shape index (κ3) is 7.55. The number of esters is 1. The summed E-state index contributed by atoms with van der Waals surface area (Å²) < 4.78 is 31.3. The Kier molecular flexibility index (Phi) is 10.4. The molecule has 0 N–H and O–H groups in total. The molecular formula is C16H29NO8. The van der Waals surface area contributed by atoms with Gasteiger partial charge in [0.25, 0.3) is 0 Å². The van der Waals surface area contributed by atoms with Gasteiger partial charge >= 0.3 is 12.1 Å². The van der Waals surface area contributed by atoms with Crippen LogP contribution >= 0.6 is 0 Å². The van der Waals surface area contributed by atoms with Gasteiger partial charge in [-0.05, 0) is 19.8 Å². The molecule has 1 rings (SSSR count). The summed E-state index contributed by atoms with van der Waals surface area (Å²) in [6.07, 6.45) is 0.455. The summed E-state index contributed by atoms with van der Waals surface area (Å²) in [5.41, 5.74) is 0. The number of rotatable bonds is 10. The first-order chi connectivity index (χ1) is 12.0. The van der Waals surface area contributed by atoms with Gasteiger partial charge in [0.15, 0.2) is 0 Å². The average Bonchev–Trinajstić information content (AvgIpc) is 2.58. The average molecular weight is 363 g/mol. The van der Waals surface area contributed by atoms with Crippen molar-refractivity contribution < 1.29 is 38.0 Å². The fourth-order valence-electron chi connectivity index (χ4n) is 2.80. The minimum absolute atomic E-state index is 0.0712. The third-order valence-electron chi connectivity index (χ3n) is 3.75. The van der Waals surface area contributed by atoms with Crippen molar-refractivity contribution in [1.82, 2.24) is 4.90 Å². The molecule has 1 saturated heterocycles. The Morgan fingerprint density at radius 1 is 1.00 bits per heavy atom. The van der Waals surface area contributed by atoms with E-state index in [4.69, 9.17) is 28.4 Å². The molecular weight excluding hydrogens is 334 g/mol. The van der Waals surface area contributed by atoms with E-state index < -0.39 is 12.1 Å². The number of carbonyl (C=O) groups excluding carboxylic acids is 2. The Morgan fingerprint density at radius 3 is 2.20 bits per heavy atom. The second-order valence-corrected chi connectivity index (χ2v) is 5.66. The van der Waals surface area contributed by atoms with Crippen LogP contribution in [0.15, 0.2) is 0 Å². The van der Waals surface area contributed by atoms with E-state index in [1.165, 1.54) is 14.0 Å². The molecule has 1 aliphatic rings. The van der Waals surface area contributed by atoms with Crippen molar-refractivity contribution in [3.8, 4) is 0 Å². The van der Waals surface area contributed by atoms with E-state index in [1.807, 2.05) is 0 Å². The topological polar surface area (TPSA) is 92.8 Å². The highest BCUT2D eigenvalue weighted by atomic mass is 16.7. The van der Waals surface area contributed by atoms with Gasteiger partial charge in [-0.1, -0.05) is 0 Å². The lowest BCUT2D eigenvalue weighted by Crippen LogP contribution is -2.57. The molecule has 25 heavy (non-hydrogen) atoms. The second-order valence-electron chi connectivity index (χ2n) is 5.66. The van der Waals surface area contributed by atoms with Crippen molar-refractivity contribution in [3.05, 3.63) is 0 Å². The Hall–Kier alpha value is -1.42. The van der Waals surface area contributed by atoms with Crippen LogP contribution in [0.25, 0.3) is 0 Å². The molecule has 0 unspecified atom stereocenters. The molecule has 0 saturated carbocycles. The smallest absolute Gasteiger partial charge is 0.410 e. The van der Waals surface area contributed by atoms with E-state index in [0.29, 0.717) is 12.8 Å². The van der Waals surface area contributed by atoms with E-state index in [2.05, 4.69) is 0 Å². The zero-order valence-electron chi connectivity index (χ0n) is 15.4. The van der Waals surface area contributed by atoms with Crippen LogP contribution in [0.5, 0.6) is 0 Å². The summed E-state index contributed by atoms with van der Waals surface area (Å²) >= 11 is 0. The predicted octanol–water partition coefficient (Wildman–Crippen LogP) is 1.15. The lowest BCUT2D eigenvalue weighted by molar-refractivity contribution is -0.149. The van der Waals surface area contributed by atoms with Crippen LogP contribution in [0, 0.1) is 0 Å². The van der Waals surface area contributed by atoms with E-state index in [-0.39, 0.29) is 51.6 Å². The maximum absolute atomic E-state index is 12.4. The molecule has 0 aromatic rings. The van der Waals surface area contributed by atoms with Crippen LogP contribution in [0.4, 0.5) is 4.79 Å². The monoisotopic (exact) mass is 363 g/mol. The van der Waals surface area contributed by atoms with Crippen LogP contribution in [0.3, 0.4) is 0 Å². The summed E-state index contributed by atoms with van der Waals surface area (Å²) in [5.74, 6) is -0.407. The molecule has 1 amide bonds. The van der Waals surface area contributed by atoms with Gasteiger partial charge in [-0.25, -0.2) is 4.79 Å². The van der Waals surface area contributed by atoms with Crippen LogP contribution in [0.1, 0.15) is 26.7 Å². The van der Waals surface area contributed by atoms with Crippen LogP contribution in [-0.2, 0) is 33.2 Å². The number of methoxy groups -OCH3 is 2. The van der Waals surface area contributed by atoms with Crippen molar-refractivity contribution in [3.63, 3.8) is 0 Å². The minimum atomic E-state index is -0.462. The molecule has 1 aliphatic heterocycles. The number of nitrogens with zero attached hydrogens (tertiary/aromatic N) is 1. The molecule has 1 heterocycles. The van der Waals surface area contributed by atoms with Crippen LogP contribution < -0.4 is 0 Å². The first kappa shape index (κ1) is 21.6. The molecule has 0 aliphatic carbocycles. The summed E-state index contributed by atoms with van der Waals surface area (Å²) in [7, 11) is 3.07. The molecule has 0 radical (unpaired) electrons. The van der Waals surface area contributed by atoms with Gasteiger partial charge in [0.2, 0.25) is 0 Å². The van der Waals surface area contributed by atoms with Gasteiger partial charge in [0.1, 0.15) is 20.2 Å². The third-order valence-corrected chi connectivity index (χ3v) is 3.75. The van der Waals surface area contributed by atoms with Crippen molar-refractivity contribution in [2.24, 2.45) is 0 Å². The van der Waals surface area contributed by atoms with Crippen molar-refractivity contribution in [2.75, 3.05) is 47.6 Å². The zero-order chi connectivity index (χ0) is 18.7. The van der Waals surface area contributed by atoms with Gasteiger partial charge in [-0.15, -0.1) is 0 Å². The largest absolute Gasteiger partial charge is 0.464 e. The number of piperidine rings is 1. The molecule has 3 atom stereocenters. The second kappa shape index (κ2) is 12.0. The van der Waals surface area contributed by atoms with Crippen LogP contribution in [0.2, 0.25) is 0 Å². The lowest BCUT2D eigenvalue weighted by Gasteiger charge is -2.43. The molecule has 1 fully saturated rings. The Bertz CT molecular complexity index is 406. The summed E-state index contributed by atoms with van der Waals surface area (Å²) in [6.45, 7) is 3.92. The number of hydrogen-bond acceptors (Lipinski definition) is 8. The standard InChI is InChI=1S/C16H29NO8/c1-5-23-16(19)17-13(8-22-10-20-3)6-15(25-11-21-4)7-14(17)9-24-12(2)18/h13-15H,5-11H2,1-4H3/t13-,14+,15-/m0/s1. The molecule has 9 nitrogen and oxygen atoms in total. The van der Waals surface area contributed by atoms with E-state index in [0.717, 1.165) is 0 Å². The molecule has 9 heteroatoms. The summed E-state index contributed by atoms with van der Waals surface area (Å²) in [6, 6.07) is -0.653. The Balaban J connectivity index is 2.88. The van der Waals surface area contributed by atoms with E-state index in [9.17, 15) is 9.59 Å². The first-order valence-corrected chi connectivity index (χ1v) is 8.29. The molecule has 0 spiro atoms. The predicted molar refractivity (Wildman–Crippen MR) is 86.9 cm³/mol. The SMILES string of the molecule is CCOC(=O)N1[C@H](COCOC)C[C@H](OCOC)C[C@@H]1COC(C)=O. The highest BCUT2D eigenvalue weighted by Gasteiger charge is 2.40. The van der Waals surface area contributed by atoms with Crippen molar-refractivity contribution >= 4 is 12.1 Å². The van der Waals surface area contributed by atoms with Gasteiger partial charge in [-0.2, -0.15) is 0 Å². The number of ether oxygens (including phenoxy) is 6. The van der Waals surface area contributed by atoms with Gasteiger partial charge in [0, 0.05) is 21.1 Å². The van der Waals surface area contributed by atoms with Crippen LogP contribution in [-0.4, -0.2) is 82.8 Å². The number of amides is 1. The molecule has 0 bridgehead atoms. The Morgan fingerprint density at radius 2 is 1.64 bits per heavy atom. The Labute approximate surface area is 148 Å². The highest BCUT2D eigenvalue weighted by molar-refractivity contribution is 5.69. The van der Waals surface area contributed by atoms with Crippen molar-refractivity contribution in [1.29, 1.82) is 0 Å². The van der Waals surface area contributed by atoms with Gasteiger partial charge < -0.3 is 28.4 Å². The van der Waals surface area contributed by atoms with E-state index in [1.54, 1.807) is 18.9 Å². The fourth-order valence-corrected chi connectivity index (χ4v) is 2.80. The molecule has 146 valence electrons. The molecule has 0 aromatic carbocycles. The fraction of sp³-hybridized carbons (Fsp3) is 0.875. The number of likely N-dealkylation sites (tertiary alicyclic amines) is 1. The highest BCUT2D eigenvalue weighted by Crippen LogP contribution is 2.27. The lowest BCUT2D eigenvalue weighted by atomic mass is 9.94. The van der Waals surface area contributed by atoms with E-state index >= 15 is 0 Å². The first-order valence-electron chi connectivity index (χ1n) is 8.29. The maximum Gasteiger partial charge on any atom is 0.410 e. The molecule has 0 aromatic heterocycles. The minimum Gasteiger partial charge on any atom is -0.464 e.